The van der Waals surface area contributed by atoms with Crippen molar-refractivity contribution in [2.24, 2.45) is 0 Å². The Bertz CT molecular complexity index is 2440. The number of nitrogens with zero attached hydrogens (tertiary/aromatic N) is 3. The van der Waals surface area contributed by atoms with Gasteiger partial charge >= 0.3 is 0 Å². The zero-order chi connectivity index (χ0) is 30.8. The zero-order valence-electron chi connectivity index (χ0n) is 25.5. The van der Waals surface area contributed by atoms with Gasteiger partial charge in [0.1, 0.15) is 0 Å². The summed E-state index contributed by atoms with van der Waals surface area (Å²) in [6, 6.07) is 47.4. The van der Waals surface area contributed by atoms with Crippen LogP contribution in [0.2, 0.25) is 0 Å². The lowest BCUT2D eigenvalue weighted by atomic mass is 9.80. The Hall–Kier alpha value is -5.45. The summed E-state index contributed by atoms with van der Waals surface area (Å²) in [5.41, 5.74) is 11.9. The van der Waals surface area contributed by atoms with E-state index >= 15 is 0 Å². The maximum atomic E-state index is 5.35. The van der Waals surface area contributed by atoms with Crippen LogP contribution in [0.5, 0.6) is 0 Å². The Labute approximate surface area is 271 Å². The van der Waals surface area contributed by atoms with Crippen LogP contribution in [0.15, 0.2) is 140 Å². The Morgan fingerprint density at radius 1 is 0.543 bits per heavy atom. The van der Waals surface area contributed by atoms with Gasteiger partial charge in [-0.05, 0) is 41.0 Å². The molecule has 0 aliphatic heterocycles. The summed E-state index contributed by atoms with van der Waals surface area (Å²) in [5, 5.41) is 2.63. The quantitative estimate of drug-likeness (QED) is 0.200. The van der Waals surface area contributed by atoms with Crippen molar-refractivity contribution in [1.82, 2.24) is 15.0 Å². The maximum Gasteiger partial charge on any atom is 0.160 e. The van der Waals surface area contributed by atoms with E-state index in [0.717, 1.165) is 39.6 Å². The van der Waals surface area contributed by atoms with E-state index in [4.69, 9.17) is 9.97 Å². The van der Waals surface area contributed by atoms with Crippen LogP contribution in [0.4, 0.5) is 0 Å². The lowest BCUT2D eigenvalue weighted by Crippen LogP contribution is -2.17. The van der Waals surface area contributed by atoms with Crippen molar-refractivity contribution in [2.75, 3.05) is 0 Å². The predicted octanol–water partition coefficient (Wildman–Crippen LogP) is 11.2. The van der Waals surface area contributed by atoms with Gasteiger partial charge in [-0.25, -0.2) is 9.97 Å². The highest BCUT2D eigenvalue weighted by Gasteiger charge is 2.40. The molecular formula is C42H29N3S. The van der Waals surface area contributed by atoms with Crippen molar-refractivity contribution < 1.29 is 0 Å². The second kappa shape index (κ2) is 10.3. The number of aromatic nitrogens is 3. The minimum Gasteiger partial charge on any atom is -0.256 e. The molecular weight excluding hydrogens is 579 g/mol. The summed E-state index contributed by atoms with van der Waals surface area (Å²) < 4.78 is 2.64. The second-order valence-electron chi connectivity index (χ2n) is 12.4. The van der Waals surface area contributed by atoms with Crippen LogP contribution in [0, 0.1) is 0 Å². The molecule has 0 saturated heterocycles. The van der Waals surface area contributed by atoms with E-state index in [9.17, 15) is 0 Å². The summed E-state index contributed by atoms with van der Waals surface area (Å²) in [5.74, 6) is 0.721. The number of thiophene rings is 1. The molecule has 0 unspecified atom stereocenters. The van der Waals surface area contributed by atoms with E-state index in [2.05, 4.69) is 134 Å². The molecule has 0 spiro atoms. The highest BCUT2D eigenvalue weighted by atomic mass is 32.1. The van der Waals surface area contributed by atoms with Crippen LogP contribution < -0.4 is 0 Å². The normalized spacial score (nSPS) is 13.2. The van der Waals surface area contributed by atoms with Crippen LogP contribution in [0.1, 0.15) is 25.0 Å². The topological polar surface area (TPSA) is 38.7 Å². The van der Waals surface area contributed by atoms with Crippen LogP contribution >= 0.6 is 11.3 Å². The van der Waals surface area contributed by atoms with Gasteiger partial charge in [0, 0.05) is 59.6 Å². The number of benzene rings is 5. The van der Waals surface area contributed by atoms with Gasteiger partial charge in [-0.15, -0.1) is 11.3 Å². The molecule has 5 aromatic carbocycles. The zero-order valence-corrected chi connectivity index (χ0v) is 26.3. The first kappa shape index (κ1) is 26.9. The number of rotatable bonds is 4. The molecule has 0 N–H and O–H groups in total. The third kappa shape index (κ3) is 4.14. The van der Waals surface area contributed by atoms with Crippen LogP contribution in [-0.2, 0) is 5.41 Å². The van der Waals surface area contributed by atoms with E-state index in [1.54, 1.807) is 0 Å². The van der Waals surface area contributed by atoms with Gasteiger partial charge in [0.05, 0.1) is 17.1 Å². The molecule has 4 heteroatoms. The fourth-order valence-corrected chi connectivity index (χ4v) is 8.33. The molecule has 1 aliphatic rings. The Kier molecular flexibility index (Phi) is 6.02. The first-order valence-electron chi connectivity index (χ1n) is 15.6. The molecule has 46 heavy (non-hydrogen) atoms. The molecule has 218 valence electrons. The molecule has 3 nitrogen and oxygen atoms in total. The van der Waals surface area contributed by atoms with Gasteiger partial charge in [0.2, 0.25) is 0 Å². The molecule has 0 amide bonds. The fraction of sp³-hybridized carbons (Fsp3) is 0.0714. The number of hydrogen-bond donors (Lipinski definition) is 0. The standard InChI is InChI=1S/C42H29N3S/c1-42(2)34-17-5-3-14-33(34)39-37(42)38(44-41(45-39)29-12-9-11-28(25-29)35-18-7-8-24-43-35)27-22-20-26(21-23-27)30-15-10-16-32-31-13-4-6-19-36(31)46-40(30)32/h3-25H,1-2H3. The average molecular weight is 608 g/mol. The minimum atomic E-state index is -0.239. The summed E-state index contributed by atoms with van der Waals surface area (Å²) in [7, 11) is 0. The van der Waals surface area contributed by atoms with Gasteiger partial charge in [-0.3, -0.25) is 4.98 Å². The largest absolute Gasteiger partial charge is 0.256 e. The van der Waals surface area contributed by atoms with Crippen molar-refractivity contribution in [2.45, 2.75) is 19.3 Å². The van der Waals surface area contributed by atoms with Gasteiger partial charge < -0.3 is 0 Å². The molecule has 9 rings (SSSR count). The molecule has 8 aromatic rings. The van der Waals surface area contributed by atoms with Crippen LogP contribution in [0.25, 0.3) is 76.5 Å². The Morgan fingerprint density at radius 2 is 1.24 bits per heavy atom. The van der Waals surface area contributed by atoms with Crippen LogP contribution in [-0.4, -0.2) is 15.0 Å². The molecule has 0 saturated carbocycles. The van der Waals surface area contributed by atoms with Gasteiger partial charge in [-0.1, -0.05) is 123 Å². The Morgan fingerprint density at radius 3 is 2.11 bits per heavy atom. The first-order valence-corrected chi connectivity index (χ1v) is 16.4. The number of fused-ring (bicyclic) bond motifs is 6. The van der Waals surface area contributed by atoms with E-state index in [0.29, 0.717) is 0 Å². The number of hydrogen-bond acceptors (Lipinski definition) is 4. The SMILES string of the molecule is CC1(C)c2ccccc2-c2nc(-c3cccc(-c4ccccn4)c3)nc(-c3ccc(-c4cccc5c4sc4ccccc45)cc3)c21. The first-order chi connectivity index (χ1) is 22.6. The maximum absolute atomic E-state index is 5.35. The molecule has 1 aliphatic carbocycles. The summed E-state index contributed by atoms with van der Waals surface area (Å²) in [6.45, 7) is 4.59. The van der Waals surface area contributed by atoms with Crippen molar-refractivity contribution in [3.8, 4) is 56.3 Å². The molecule has 0 atom stereocenters. The summed E-state index contributed by atoms with van der Waals surface area (Å²) >= 11 is 1.87. The van der Waals surface area contributed by atoms with E-state index < -0.39 is 0 Å². The Balaban J connectivity index is 1.21. The second-order valence-corrected chi connectivity index (χ2v) is 13.5. The van der Waals surface area contributed by atoms with Crippen LogP contribution in [0.3, 0.4) is 0 Å². The van der Waals surface area contributed by atoms with Crippen molar-refractivity contribution in [3.63, 3.8) is 0 Å². The summed E-state index contributed by atoms with van der Waals surface area (Å²) in [4.78, 5) is 15.2. The minimum absolute atomic E-state index is 0.239. The van der Waals surface area contributed by atoms with Gasteiger partial charge in [-0.2, -0.15) is 0 Å². The third-order valence-corrected chi connectivity index (χ3v) is 10.6. The monoisotopic (exact) mass is 607 g/mol. The number of pyridine rings is 1. The van der Waals surface area contributed by atoms with E-state index in [1.807, 2.05) is 35.7 Å². The third-order valence-electron chi connectivity index (χ3n) is 9.34. The van der Waals surface area contributed by atoms with Crippen molar-refractivity contribution in [1.29, 1.82) is 0 Å². The molecule has 0 bridgehead atoms. The smallest absolute Gasteiger partial charge is 0.160 e. The van der Waals surface area contributed by atoms with Crippen molar-refractivity contribution >= 4 is 31.5 Å². The van der Waals surface area contributed by atoms with E-state index in [-0.39, 0.29) is 5.41 Å². The lowest BCUT2D eigenvalue weighted by Gasteiger charge is -2.24. The summed E-state index contributed by atoms with van der Waals surface area (Å²) in [6.07, 6.45) is 1.83. The highest BCUT2D eigenvalue weighted by molar-refractivity contribution is 7.26. The van der Waals surface area contributed by atoms with Gasteiger partial charge in [0.15, 0.2) is 5.82 Å². The van der Waals surface area contributed by atoms with Crippen molar-refractivity contribution in [3.05, 3.63) is 151 Å². The predicted molar refractivity (Wildman–Crippen MR) is 192 cm³/mol. The molecule has 3 aromatic heterocycles. The average Bonchev–Trinajstić information content (AvgIpc) is 3.61. The molecule has 3 heterocycles. The fourth-order valence-electron chi connectivity index (χ4n) is 7.09. The molecule has 0 radical (unpaired) electrons. The van der Waals surface area contributed by atoms with E-state index in [1.165, 1.54) is 48.0 Å². The molecule has 0 fully saturated rings. The lowest BCUT2D eigenvalue weighted by molar-refractivity contribution is 0.658. The van der Waals surface area contributed by atoms with Gasteiger partial charge in [0.25, 0.3) is 0 Å². The highest BCUT2D eigenvalue weighted by Crippen LogP contribution is 2.51.